The highest BCUT2D eigenvalue weighted by atomic mass is 32.2. The van der Waals surface area contributed by atoms with Crippen LogP contribution in [-0.2, 0) is 10.8 Å². The van der Waals surface area contributed by atoms with Crippen molar-refractivity contribution in [1.29, 1.82) is 0 Å². The maximum absolute atomic E-state index is 11.3. The lowest BCUT2D eigenvalue weighted by molar-refractivity contribution is -0.384. The topological polar surface area (TPSA) is 84.3 Å². The Hall–Kier alpha value is -1.63. The largest absolute Gasteiger partial charge is 0.385 e. The minimum absolute atomic E-state index is 0.0744. The molecular formula is C13H19N3O3S. The molecule has 0 aliphatic carbocycles. The Morgan fingerprint density at radius 3 is 2.55 bits per heavy atom. The minimum atomic E-state index is -0.699. The number of hydrogen-bond donors (Lipinski definition) is 2. The van der Waals surface area contributed by atoms with Gasteiger partial charge in [-0.25, -0.2) is 0 Å². The van der Waals surface area contributed by atoms with Crippen LogP contribution in [0, 0.1) is 10.1 Å². The lowest BCUT2D eigenvalue weighted by Gasteiger charge is -2.23. The van der Waals surface area contributed by atoms with Crippen LogP contribution in [0.5, 0.6) is 0 Å². The molecule has 0 saturated carbocycles. The van der Waals surface area contributed by atoms with Crippen molar-refractivity contribution in [1.82, 2.24) is 0 Å². The van der Waals surface area contributed by atoms with Crippen LogP contribution in [0.2, 0.25) is 0 Å². The van der Waals surface area contributed by atoms with Gasteiger partial charge in [-0.15, -0.1) is 0 Å². The first-order valence-corrected chi connectivity index (χ1v) is 8.22. The van der Waals surface area contributed by atoms with Gasteiger partial charge in [-0.05, 0) is 25.8 Å². The molecule has 1 saturated heterocycles. The predicted octanol–water partition coefficient (Wildman–Crippen LogP) is 2.35. The molecule has 0 unspecified atom stereocenters. The van der Waals surface area contributed by atoms with E-state index in [0.717, 1.165) is 24.2 Å². The third kappa shape index (κ3) is 3.93. The fraction of sp³-hybridized carbons (Fsp3) is 0.538. The van der Waals surface area contributed by atoms with E-state index in [1.807, 2.05) is 13.0 Å². The van der Waals surface area contributed by atoms with Crippen LogP contribution < -0.4 is 10.6 Å². The van der Waals surface area contributed by atoms with Gasteiger partial charge in [0.2, 0.25) is 0 Å². The van der Waals surface area contributed by atoms with Gasteiger partial charge in [-0.1, -0.05) is 0 Å². The van der Waals surface area contributed by atoms with E-state index >= 15 is 0 Å². The van der Waals surface area contributed by atoms with E-state index in [-0.39, 0.29) is 16.7 Å². The number of nitro benzene ring substituents is 1. The third-order valence-corrected chi connectivity index (χ3v) is 4.65. The van der Waals surface area contributed by atoms with E-state index in [4.69, 9.17) is 0 Å². The van der Waals surface area contributed by atoms with Crippen LogP contribution >= 0.6 is 0 Å². The SMILES string of the molecule is CCNc1cc(NC2CCS(=O)CC2)cc([N+](=O)[O-])c1. The highest BCUT2D eigenvalue weighted by Crippen LogP contribution is 2.26. The second kappa shape index (κ2) is 6.69. The minimum Gasteiger partial charge on any atom is -0.385 e. The number of rotatable bonds is 5. The van der Waals surface area contributed by atoms with E-state index in [1.54, 1.807) is 6.07 Å². The molecule has 0 aromatic heterocycles. The molecule has 1 aliphatic heterocycles. The average molecular weight is 297 g/mol. The van der Waals surface area contributed by atoms with Gasteiger partial charge in [-0.2, -0.15) is 0 Å². The zero-order valence-electron chi connectivity index (χ0n) is 11.4. The Labute approximate surface area is 120 Å². The Bertz CT molecular complexity index is 512. The molecule has 20 heavy (non-hydrogen) atoms. The summed E-state index contributed by atoms with van der Waals surface area (Å²) in [7, 11) is -0.699. The molecule has 110 valence electrons. The summed E-state index contributed by atoms with van der Waals surface area (Å²) in [6.07, 6.45) is 1.68. The van der Waals surface area contributed by atoms with Gasteiger partial charge in [0.25, 0.3) is 5.69 Å². The Kier molecular flexibility index (Phi) is 4.94. The molecule has 1 aromatic rings. The van der Waals surface area contributed by atoms with E-state index < -0.39 is 10.8 Å². The van der Waals surface area contributed by atoms with Gasteiger partial charge in [0, 0.05) is 58.4 Å². The van der Waals surface area contributed by atoms with Crippen LogP contribution in [0.4, 0.5) is 17.1 Å². The monoisotopic (exact) mass is 297 g/mol. The quantitative estimate of drug-likeness (QED) is 0.644. The fourth-order valence-corrected chi connectivity index (χ4v) is 3.58. The maximum Gasteiger partial charge on any atom is 0.273 e. The van der Waals surface area contributed by atoms with Crippen molar-refractivity contribution in [2.45, 2.75) is 25.8 Å². The zero-order chi connectivity index (χ0) is 14.5. The van der Waals surface area contributed by atoms with Gasteiger partial charge in [0.15, 0.2) is 0 Å². The van der Waals surface area contributed by atoms with Crippen molar-refractivity contribution in [3.8, 4) is 0 Å². The first kappa shape index (κ1) is 14.8. The van der Waals surface area contributed by atoms with Crippen LogP contribution in [-0.4, -0.2) is 33.2 Å². The lowest BCUT2D eigenvalue weighted by Crippen LogP contribution is -2.29. The highest BCUT2D eigenvalue weighted by Gasteiger charge is 2.18. The Morgan fingerprint density at radius 2 is 1.95 bits per heavy atom. The van der Waals surface area contributed by atoms with E-state index in [1.165, 1.54) is 6.07 Å². The lowest BCUT2D eigenvalue weighted by atomic mass is 10.1. The number of anilines is 2. The average Bonchev–Trinajstić information content (AvgIpc) is 2.41. The molecule has 6 nitrogen and oxygen atoms in total. The van der Waals surface area contributed by atoms with E-state index in [2.05, 4.69) is 10.6 Å². The normalized spacial score (nSPS) is 22.2. The van der Waals surface area contributed by atoms with Crippen LogP contribution in [0.1, 0.15) is 19.8 Å². The van der Waals surface area contributed by atoms with Crippen LogP contribution in [0.3, 0.4) is 0 Å². The van der Waals surface area contributed by atoms with Crippen molar-refractivity contribution >= 4 is 27.9 Å². The summed E-state index contributed by atoms with van der Waals surface area (Å²) in [6.45, 7) is 2.66. The number of nitro groups is 1. The van der Waals surface area contributed by atoms with Crippen molar-refractivity contribution in [2.24, 2.45) is 0 Å². The van der Waals surface area contributed by atoms with Crippen molar-refractivity contribution < 1.29 is 9.13 Å². The highest BCUT2D eigenvalue weighted by molar-refractivity contribution is 7.85. The molecule has 7 heteroatoms. The standard InChI is InChI=1S/C13H19N3O3S/c1-2-14-11-7-12(9-13(8-11)16(17)18)15-10-3-5-20(19)6-4-10/h7-10,14-15H,2-6H2,1H3. The molecule has 1 fully saturated rings. The summed E-state index contributed by atoms with van der Waals surface area (Å²) in [6, 6.07) is 5.20. The molecule has 0 spiro atoms. The summed E-state index contributed by atoms with van der Waals surface area (Å²) in [5.74, 6) is 1.40. The fourth-order valence-electron chi connectivity index (χ4n) is 2.28. The number of nitrogens with one attached hydrogen (secondary N) is 2. The summed E-state index contributed by atoms with van der Waals surface area (Å²) < 4.78 is 11.3. The van der Waals surface area contributed by atoms with Crippen molar-refractivity contribution in [2.75, 3.05) is 28.7 Å². The number of nitrogens with zero attached hydrogens (tertiary/aromatic N) is 1. The molecule has 1 aliphatic rings. The second-order valence-corrected chi connectivity index (χ2v) is 6.52. The second-order valence-electron chi connectivity index (χ2n) is 4.82. The van der Waals surface area contributed by atoms with Gasteiger partial charge >= 0.3 is 0 Å². The first-order valence-electron chi connectivity index (χ1n) is 6.73. The Balaban J connectivity index is 2.13. The predicted molar refractivity (Wildman–Crippen MR) is 81.8 cm³/mol. The van der Waals surface area contributed by atoms with Crippen molar-refractivity contribution in [3.05, 3.63) is 28.3 Å². The first-order chi connectivity index (χ1) is 9.58. The number of non-ortho nitro benzene ring substituents is 1. The van der Waals surface area contributed by atoms with Crippen LogP contribution in [0.25, 0.3) is 0 Å². The summed E-state index contributed by atoms with van der Waals surface area (Å²) >= 11 is 0. The van der Waals surface area contributed by atoms with E-state index in [9.17, 15) is 14.3 Å². The smallest absolute Gasteiger partial charge is 0.273 e. The number of hydrogen-bond acceptors (Lipinski definition) is 5. The third-order valence-electron chi connectivity index (χ3n) is 3.27. The van der Waals surface area contributed by atoms with Gasteiger partial charge in [-0.3, -0.25) is 14.3 Å². The molecule has 0 atom stereocenters. The molecule has 2 N–H and O–H groups in total. The van der Waals surface area contributed by atoms with Gasteiger partial charge in [0.1, 0.15) is 0 Å². The maximum atomic E-state index is 11.3. The summed E-state index contributed by atoms with van der Waals surface area (Å²) in [4.78, 5) is 10.6. The van der Waals surface area contributed by atoms with Gasteiger partial charge < -0.3 is 10.6 Å². The molecule has 0 radical (unpaired) electrons. The summed E-state index contributed by atoms with van der Waals surface area (Å²) in [5, 5.41) is 17.4. The molecule has 0 bridgehead atoms. The molecule has 2 rings (SSSR count). The van der Waals surface area contributed by atoms with Crippen molar-refractivity contribution in [3.63, 3.8) is 0 Å². The summed E-state index contributed by atoms with van der Waals surface area (Å²) in [5.41, 5.74) is 1.56. The molecule has 0 amide bonds. The van der Waals surface area contributed by atoms with E-state index in [0.29, 0.717) is 18.1 Å². The van der Waals surface area contributed by atoms with Gasteiger partial charge in [0.05, 0.1) is 4.92 Å². The molecular weight excluding hydrogens is 278 g/mol. The molecule has 1 aromatic carbocycles. The molecule has 1 heterocycles. The number of benzene rings is 1. The Morgan fingerprint density at radius 1 is 1.30 bits per heavy atom. The zero-order valence-corrected chi connectivity index (χ0v) is 12.2. The van der Waals surface area contributed by atoms with Crippen LogP contribution in [0.15, 0.2) is 18.2 Å².